The Hall–Kier alpha value is -2.88. The highest BCUT2D eigenvalue weighted by atomic mass is 16.2. The molecule has 0 atom stereocenters. The molecule has 0 aliphatic carbocycles. The number of rotatable bonds is 2. The van der Waals surface area contributed by atoms with Crippen LogP contribution in [0.5, 0.6) is 0 Å². The molecule has 4 heteroatoms. The van der Waals surface area contributed by atoms with Crippen molar-refractivity contribution in [1.29, 1.82) is 0 Å². The summed E-state index contributed by atoms with van der Waals surface area (Å²) in [7, 11) is 0. The number of aryl methyl sites for hydroxylation is 2. The minimum atomic E-state index is -0.458. The van der Waals surface area contributed by atoms with Gasteiger partial charge < -0.3 is 9.88 Å². The molecule has 2 aromatic carbocycles. The van der Waals surface area contributed by atoms with E-state index in [0.29, 0.717) is 12.1 Å². The molecule has 4 rings (SSSR count). The van der Waals surface area contributed by atoms with E-state index < -0.39 is 11.7 Å². The summed E-state index contributed by atoms with van der Waals surface area (Å²) < 4.78 is 0. The minimum absolute atomic E-state index is 0.444. The van der Waals surface area contributed by atoms with Gasteiger partial charge in [0.15, 0.2) is 0 Å². The Bertz CT molecular complexity index is 984. The fourth-order valence-corrected chi connectivity index (χ4v) is 3.40. The smallest absolute Gasteiger partial charge is 0.299 e. The number of carbonyl (C=O) groups excluding carboxylic acids is 2. The van der Waals surface area contributed by atoms with Crippen molar-refractivity contribution in [3.63, 3.8) is 0 Å². The molecule has 1 aliphatic rings. The molecule has 120 valence electrons. The summed E-state index contributed by atoms with van der Waals surface area (Å²) in [4.78, 5) is 30.2. The van der Waals surface area contributed by atoms with E-state index in [4.69, 9.17) is 0 Å². The third kappa shape index (κ3) is 2.22. The maximum Gasteiger partial charge on any atom is 0.299 e. The standard InChI is InChI=1S/C20H18N2O2/c1-12-4-6-18-14(9-12)7-8-22(18)20(24)19(23)16-11-21-17-5-3-13(2)10-15(16)17/h3-6,9-11,21H,7-8H2,1-2H3. The Morgan fingerprint density at radius 3 is 2.62 bits per heavy atom. The third-order valence-electron chi connectivity index (χ3n) is 4.65. The van der Waals surface area contributed by atoms with Crippen LogP contribution in [0, 0.1) is 13.8 Å². The second-order valence-electron chi connectivity index (χ2n) is 6.42. The van der Waals surface area contributed by atoms with Crippen molar-refractivity contribution in [2.45, 2.75) is 20.3 Å². The molecule has 0 saturated carbocycles. The van der Waals surface area contributed by atoms with Crippen molar-refractivity contribution in [1.82, 2.24) is 4.98 Å². The number of benzene rings is 2. The topological polar surface area (TPSA) is 53.2 Å². The molecule has 0 radical (unpaired) electrons. The molecule has 0 fully saturated rings. The van der Waals surface area contributed by atoms with E-state index >= 15 is 0 Å². The first-order valence-corrected chi connectivity index (χ1v) is 8.08. The third-order valence-corrected chi connectivity index (χ3v) is 4.65. The van der Waals surface area contributed by atoms with Gasteiger partial charge in [0, 0.05) is 29.3 Å². The van der Waals surface area contributed by atoms with Gasteiger partial charge in [-0.2, -0.15) is 0 Å². The van der Waals surface area contributed by atoms with Crippen LogP contribution in [0.3, 0.4) is 0 Å². The molecule has 0 bridgehead atoms. The predicted molar refractivity (Wildman–Crippen MR) is 94.6 cm³/mol. The number of hydrogen-bond acceptors (Lipinski definition) is 2. The van der Waals surface area contributed by atoms with E-state index in [9.17, 15) is 9.59 Å². The van der Waals surface area contributed by atoms with Crippen LogP contribution in [-0.4, -0.2) is 23.2 Å². The molecule has 2 heterocycles. The fraction of sp³-hybridized carbons (Fsp3) is 0.200. The first-order valence-electron chi connectivity index (χ1n) is 8.08. The van der Waals surface area contributed by atoms with E-state index in [1.807, 2.05) is 44.2 Å². The van der Waals surface area contributed by atoms with Gasteiger partial charge in [-0.05, 0) is 44.0 Å². The Kier molecular flexibility index (Phi) is 3.27. The number of H-pyrrole nitrogens is 1. The van der Waals surface area contributed by atoms with E-state index in [0.717, 1.165) is 34.1 Å². The molecule has 24 heavy (non-hydrogen) atoms. The number of aromatic amines is 1. The number of fused-ring (bicyclic) bond motifs is 2. The molecular formula is C20H18N2O2. The average molecular weight is 318 g/mol. The van der Waals surface area contributed by atoms with E-state index in [-0.39, 0.29) is 0 Å². The molecule has 1 aliphatic heterocycles. The molecule has 0 saturated heterocycles. The Balaban J connectivity index is 1.70. The average Bonchev–Trinajstić information content (AvgIpc) is 3.16. The van der Waals surface area contributed by atoms with Gasteiger partial charge in [0.05, 0.1) is 5.56 Å². The van der Waals surface area contributed by atoms with Crippen LogP contribution in [0.25, 0.3) is 10.9 Å². The molecule has 4 nitrogen and oxygen atoms in total. The van der Waals surface area contributed by atoms with Crippen LogP contribution in [0.4, 0.5) is 5.69 Å². The molecule has 0 unspecified atom stereocenters. The van der Waals surface area contributed by atoms with E-state index in [1.54, 1.807) is 11.1 Å². The van der Waals surface area contributed by atoms with Crippen molar-refractivity contribution in [3.8, 4) is 0 Å². The van der Waals surface area contributed by atoms with Crippen molar-refractivity contribution in [2.24, 2.45) is 0 Å². The number of carbonyl (C=O) groups is 2. The van der Waals surface area contributed by atoms with Gasteiger partial charge in [0.1, 0.15) is 0 Å². The van der Waals surface area contributed by atoms with E-state index in [2.05, 4.69) is 11.1 Å². The summed E-state index contributed by atoms with van der Waals surface area (Å²) in [6, 6.07) is 11.8. The van der Waals surface area contributed by atoms with Crippen LogP contribution in [0.2, 0.25) is 0 Å². The summed E-state index contributed by atoms with van der Waals surface area (Å²) in [5, 5.41) is 0.802. The van der Waals surface area contributed by atoms with Gasteiger partial charge >= 0.3 is 0 Å². The van der Waals surface area contributed by atoms with Crippen molar-refractivity contribution < 1.29 is 9.59 Å². The lowest BCUT2D eigenvalue weighted by molar-refractivity contribution is -0.114. The zero-order chi connectivity index (χ0) is 16.8. The summed E-state index contributed by atoms with van der Waals surface area (Å²) in [5.41, 5.74) is 5.53. The zero-order valence-corrected chi connectivity index (χ0v) is 13.7. The molecule has 0 spiro atoms. The number of amides is 1. The number of Topliss-reactive ketones (excluding diaryl/α,β-unsaturated/α-hetero) is 1. The normalized spacial score (nSPS) is 13.3. The van der Waals surface area contributed by atoms with Crippen LogP contribution in [0.15, 0.2) is 42.6 Å². The minimum Gasteiger partial charge on any atom is -0.360 e. The van der Waals surface area contributed by atoms with Gasteiger partial charge in [-0.25, -0.2) is 0 Å². The van der Waals surface area contributed by atoms with Crippen LogP contribution in [0.1, 0.15) is 27.0 Å². The number of aromatic nitrogens is 1. The molecule has 1 amide bonds. The summed E-state index contributed by atoms with van der Waals surface area (Å²) >= 11 is 0. The van der Waals surface area contributed by atoms with Gasteiger partial charge in [-0.1, -0.05) is 29.3 Å². The summed E-state index contributed by atoms with van der Waals surface area (Å²) in [5.74, 6) is -0.916. The number of nitrogens with one attached hydrogen (secondary N) is 1. The predicted octanol–water partition coefficient (Wildman–Crippen LogP) is 3.56. The summed E-state index contributed by atoms with van der Waals surface area (Å²) in [6.45, 7) is 4.57. The zero-order valence-electron chi connectivity index (χ0n) is 13.7. The Morgan fingerprint density at radius 1 is 1.04 bits per heavy atom. The molecule has 3 aromatic rings. The Labute approximate surface area is 140 Å². The van der Waals surface area contributed by atoms with Gasteiger partial charge in [-0.15, -0.1) is 0 Å². The lowest BCUT2D eigenvalue weighted by atomic mass is 10.1. The lowest BCUT2D eigenvalue weighted by Crippen LogP contribution is -2.35. The highest BCUT2D eigenvalue weighted by molar-refractivity contribution is 6.49. The quantitative estimate of drug-likeness (QED) is 0.580. The number of ketones is 1. The number of anilines is 1. The van der Waals surface area contributed by atoms with Crippen molar-refractivity contribution in [2.75, 3.05) is 11.4 Å². The first-order chi connectivity index (χ1) is 11.5. The second kappa shape index (κ2) is 5.34. The first kappa shape index (κ1) is 14.7. The van der Waals surface area contributed by atoms with Gasteiger partial charge in [-0.3, -0.25) is 9.59 Å². The largest absolute Gasteiger partial charge is 0.360 e. The van der Waals surface area contributed by atoms with Crippen LogP contribution < -0.4 is 4.90 Å². The number of hydrogen-bond donors (Lipinski definition) is 1. The highest BCUT2D eigenvalue weighted by Crippen LogP contribution is 2.30. The molecule has 1 N–H and O–H groups in total. The number of nitrogens with zero attached hydrogens (tertiary/aromatic N) is 1. The second-order valence-corrected chi connectivity index (χ2v) is 6.42. The lowest BCUT2D eigenvalue weighted by Gasteiger charge is -2.16. The fourth-order valence-electron chi connectivity index (χ4n) is 3.40. The monoisotopic (exact) mass is 318 g/mol. The van der Waals surface area contributed by atoms with E-state index in [1.165, 1.54) is 5.56 Å². The Morgan fingerprint density at radius 2 is 1.79 bits per heavy atom. The SMILES string of the molecule is Cc1ccc2c(c1)CCN2C(=O)C(=O)c1c[nH]c2ccc(C)cc12. The van der Waals surface area contributed by atoms with Crippen LogP contribution in [-0.2, 0) is 11.2 Å². The highest BCUT2D eigenvalue weighted by Gasteiger charge is 2.30. The maximum atomic E-state index is 12.8. The van der Waals surface area contributed by atoms with Crippen molar-refractivity contribution in [3.05, 3.63) is 64.8 Å². The van der Waals surface area contributed by atoms with Gasteiger partial charge in [0.25, 0.3) is 11.7 Å². The maximum absolute atomic E-state index is 12.8. The molecular weight excluding hydrogens is 300 g/mol. The van der Waals surface area contributed by atoms with Crippen LogP contribution >= 0.6 is 0 Å². The molecule has 1 aromatic heterocycles. The summed E-state index contributed by atoms with van der Waals surface area (Å²) in [6.07, 6.45) is 2.43. The van der Waals surface area contributed by atoms with Crippen molar-refractivity contribution >= 4 is 28.3 Å². The van der Waals surface area contributed by atoms with Gasteiger partial charge in [0.2, 0.25) is 0 Å².